The highest BCUT2D eigenvalue weighted by Crippen LogP contribution is 2.22. The molecule has 0 aromatic heterocycles. The lowest BCUT2D eigenvalue weighted by Gasteiger charge is -2.29. The number of carbonyl (C=O) groups excluding carboxylic acids is 2. The van der Waals surface area contributed by atoms with Gasteiger partial charge in [0, 0.05) is 20.1 Å². The summed E-state index contributed by atoms with van der Waals surface area (Å²) in [4.78, 5) is 25.7. The van der Waals surface area contributed by atoms with Gasteiger partial charge in [-0.2, -0.15) is 0 Å². The zero-order valence-electron chi connectivity index (χ0n) is 10.9. The van der Waals surface area contributed by atoms with Crippen molar-refractivity contribution >= 4 is 11.8 Å². The molecule has 98 valence electrons. The van der Waals surface area contributed by atoms with E-state index in [9.17, 15) is 9.59 Å². The third-order valence-corrected chi connectivity index (χ3v) is 3.46. The van der Waals surface area contributed by atoms with Crippen LogP contribution in [0.25, 0.3) is 0 Å². The van der Waals surface area contributed by atoms with Gasteiger partial charge in [-0.15, -0.1) is 0 Å². The Bertz CT molecular complexity index is 291. The molecule has 1 saturated heterocycles. The number of hydrogen-bond donors (Lipinski definition) is 2. The van der Waals surface area contributed by atoms with Crippen LogP contribution in [-0.4, -0.2) is 42.9 Å². The number of hydrogen-bond acceptors (Lipinski definition) is 3. The summed E-state index contributed by atoms with van der Waals surface area (Å²) >= 11 is 0. The molecule has 1 aliphatic heterocycles. The van der Waals surface area contributed by atoms with Gasteiger partial charge in [-0.1, -0.05) is 13.8 Å². The van der Waals surface area contributed by atoms with E-state index in [1.54, 1.807) is 11.9 Å². The fourth-order valence-corrected chi connectivity index (χ4v) is 2.34. The monoisotopic (exact) mass is 241 g/mol. The van der Waals surface area contributed by atoms with Crippen molar-refractivity contribution in [3.63, 3.8) is 0 Å². The Morgan fingerprint density at radius 2 is 2.12 bits per heavy atom. The molecule has 0 bridgehead atoms. The minimum Gasteiger partial charge on any atom is -0.357 e. The molecule has 2 unspecified atom stereocenters. The normalized spacial score (nSPS) is 21.7. The predicted molar refractivity (Wildman–Crippen MR) is 66.2 cm³/mol. The zero-order valence-corrected chi connectivity index (χ0v) is 10.9. The molecule has 17 heavy (non-hydrogen) atoms. The fraction of sp³-hybridized carbons (Fsp3) is 0.833. The van der Waals surface area contributed by atoms with E-state index >= 15 is 0 Å². The lowest BCUT2D eigenvalue weighted by atomic mass is 9.94. The molecular formula is C12H23N3O2. The topological polar surface area (TPSA) is 75.4 Å². The summed E-state index contributed by atoms with van der Waals surface area (Å²) in [6.45, 7) is 4.98. The Hall–Kier alpha value is -1.10. The first-order valence-corrected chi connectivity index (χ1v) is 6.25. The second kappa shape index (κ2) is 6.00. The van der Waals surface area contributed by atoms with Gasteiger partial charge in [0.1, 0.15) is 6.04 Å². The van der Waals surface area contributed by atoms with Gasteiger partial charge in [0.05, 0.1) is 5.92 Å². The Balaban J connectivity index is 2.76. The molecule has 2 atom stereocenters. The van der Waals surface area contributed by atoms with Crippen LogP contribution in [0.2, 0.25) is 0 Å². The summed E-state index contributed by atoms with van der Waals surface area (Å²) in [6, 6.07) is -0.305. The lowest BCUT2D eigenvalue weighted by Crippen LogP contribution is -2.49. The third kappa shape index (κ3) is 2.97. The second-order valence-electron chi connectivity index (χ2n) is 4.89. The minimum absolute atomic E-state index is 0.0219. The highest BCUT2D eigenvalue weighted by Gasteiger charge is 2.36. The highest BCUT2D eigenvalue weighted by atomic mass is 16.2. The Morgan fingerprint density at radius 3 is 2.59 bits per heavy atom. The molecule has 2 amide bonds. The molecule has 0 saturated carbocycles. The van der Waals surface area contributed by atoms with E-state index in [4.69, 9.17) is 5.73 Å². The summed E-state index contributed by atoms with van der Waals surface area (Å²) in [7, 11) is 1.60. The number of amides is 2. The van der Waals surface area contributed by atoms with Gasteiger partial charge in [-0.05, 0) is 18.8 Å². The van der Waals surface area contributed by atoms with Crippen LogP contribution < -0.4 is 11.1 Å². The van der Waals surface area contributed by atoms with E-state index < -0.39 is 0 Å². The number of nitrogens with zero attached hydrogens (tertiary/aromatic N) is 1. The Kier molecular flexibility index (Phi) is 4.93. The average molecular weight is 241 g/mol. The quantitative estimate of drug-likeness (QED) is 0.725. The SMILES string of the molecule is CNC(=O)C1CCCN1C(=O)C(CN)C(C)C. The first-order valence-electron chi connectivity index (χ1n) is 6.25. The van der Waals surface area contributed by atoms with Crippen molar-refractivity contribution in [2.75, 3.05) is 20.1 Å². The van der Waals surface area contributed by atoms with Gasteiger partial charge < -0.3 is 16.0 Å². The van der Waals surface area contributed by atoms with E-state index in [2.05, 4.69) is 5.32 Å². The molecule has 3 N–H and O–H groups in total. The number of rotatable bonds is 4. The Morgan fingerprint density at radius 1 is 1.47 bits per heavy atom. The van der Waals surface area contributed by atoms with Crippen molar-refractivity contribution < 1.29 is 9.59 Å². The molecule has 0 aromatic carbocycles. The van der Waals surface area contributed by atoms with E-state index in [-0.39, 0.29) is 29.7 Å². The number of carbonyl (C=O) groups is 2. The summed E-state index contributed by atoms with van der Waals surface area (Å²) in [5.41, 5.74) is 5.65. The van der Waals surface area contributed by atoms with Gasteiger partial charge in [0.2, 0.25) is 11.8 Å². The summed E-state index contributed by atoms with van der Waals surface area (Å²) in [6.07, 6.45) is 1.64. The van der Waals surface area contributed by atoms with Crippen molar-refractivity contribution in [1.29, 1.82) is 0 Å². The van der Waals surface area contributed by atoms with Crippen molar-refractivity contribution in [3.8, 4) is 0 Å². The first-order chi connectivity index (χ1) is 8.02. The van der Waals surface area contributed by atoms with Crippen LogP contribution in [0.15, 0.2) is 0 Å². The predicted octanol–water partition coefficient (Wildman–Crippen LogP) is -0.0457. The van der Waals surface area contributed by atoms with Crippen LogP contribution in [0.1, 0.15) is 26.7 Å². The molecule has 0 aliphatic carbocycles. The smallest absolute Gasteiger partial charge is 0.242 e. The standard InChI is InChI=1S/C12H23N3O2/c1-8(2)9(7-13)12(17)15-6-4-5-10(15)11(16)14-3/h8-10H,4-7,13H2,1-3H3,(H,14,16). The molecule has 1 heterocycles. The second-order valence-corrected chi connectivity index (χ2v) is 4.89. The molecule has 0 spiro atoms. The Labute approximate surface area is 103 Å². The molecule has 1 aliphatic rings. The summed E-state index contributed by atoms with van der Waals surface area (Å²) < 4.78 is 0. The maximum Gasteiger partial charge on any atom is 0.242 e. The molecule has 1 rings (SSSR count). The van der Waals surface area contributed by atoms with Gasteiger partial charge in [-0.25, -0.2) is 0 Å². The van der Waals surface area contributed by atoms with Crippen LogP contribution in [0.3, 0.4) is 0 Å². The number of likely N-dealkylation sites (N-methyl/N-ethyl adjacent to an activating group) is 1. The van der Waals surface area contributed by atoms with E-state index in [0.717, 1.165) is 12.8 Å². The van der Waals surface area contributed by atoms with Crippen molar-refractivity contribution in [1.82, 2.24) is 10.2 Å². The fourth-order valence-electron chi connectivity index (χ4n) is 2.34. The van der Waals surface area contributed by atoms with E-state index in [1.807, 2.05) is 13.8 Å². The van der Waals surface area contributed by atoms with E-state index in [1.165, 1.54) is 0 Å². The van der Waals surface area contributed by atoms with Crippen LogP contribution >= 0.6 is 0 Å². The van der Waals surface area contributed by atoms with Gasteiger partial charge in [0.15, 0.2) is 0 Å². The number of nitrogens with one attached hydrogen (secondary N) is 1. The molecule has 1 fully saturated rings. The van der Waals surface area contributed by atoms with Crippen LogP contribution in [0.4, 0.5) is 0 Å². The van der Waals surface area contributed by atoms with Crippen molar-refractivity contribution in [3.05, 3.63) is 0 Å². The average Bonchev–Trinajstić information content (AvgIpc) is 2.77. The minimum atomic E-state index is -0.305. The molecule has 0 aromatic rings. The van der Waals surface area contributed by atoms with Crippen LogP contribution in [-0.2, 0) is 9.59 Å². The van der Waals surface area contributed by atoms with Crippen LogP contribution in [0, 0.1) is 11.8 Å². The lowest BCUT2D eigenvalue weighted by molar-refractivity contribution is -0.142. The van der Waals surface area contributed by atoms with Gasteiger partial charge in [0.25, 0.3) is 0 Å². The van der Waals surface area contributed by atoms with Gasteiger partial charge >= 0.3 is 0 Å². The maximum absolute atomic E-state index is 12.3. The van der Waals surface area contributed by atoms with Crippen LogP contribution in [0.5, 0.6) is 0 Å². The summed E-state index contributed by atoms with van der Waals surface area (Å²) in [5.74, 6) is -0.0253. The molecule has 0 radical (unpaired) electrons. The first kappa shape index (κ1) is 14.0. The highest BCUT2D eigenvalue weighted by molar-refractivity contribution is 5.89. The number of likely N-dealkylation sites (tertiary alicyclic amines) is 1. The zero-order chi connectivity index (χ0) is 13.0. The molecule has 5 heteroatoms. The molecule has 5 nitrogen and oxygen atoms in total. The summed E-state index contributed by atoms with van der Waals surface area (Å²) in [5, 5.41) is 2.61. The third-order valence-electron chi connectivity index (χ3n) is 3.46. The van der Waals surface area contributed by atoms with Crippen molar-refractivity contribution in [2.24, 2.45) is 17.6 Å². The van der Waals surface area contributed by atoms with Gasteiger partial charge in [-0.3, -0.25) is 9.59 Å². The number of nitrogens with two attached hydrogens (primary N) is 1. The van der Waals surface area contributed by atoms with E-state index in [0.29, 0.717) is 13.1 Å². The molecular weight excluding hydrogens is 218 g/mol. The van der Waals surface area contributed by atoms with Crippen molar-refractivity contribution in [2.45, 2.75) is 32.7 Å². The maximum atomic E-state index is 12.3. The largest absolute Gasteiger partial charge is 0.357 e.